The van der Waals surface area contributed by atoms with Crippen LogP contribution in [0, 0.1) is 0 Å². The van der Waals surface area contributed by atoms with E-state index in [-0.39, 0.29) is 5.56 Å². The Balaban J connectivity index is 1.56. The van der Waals surface area contributed by atoms with Crippen molar-refractivity contribution in [3.8, 4) is 0 Å². The molecular formula is C23H18N4O3. The van der Waals surface area contributed by atoms with Gasteiger partial charge in [-0.2, -0.15) is 5.10 Å². The average molecular weight is 398 g/mol. The average Bonchev–Trinajstić information content (AvgIpc) is 2.96. The number of carbonyl (C=O) groups is 1. The Morgan fingerprint density at radius 1 is 1.03 bits per heavy atom. The fourth-order valence-electron chi connectivity index (χ4n) is 3.97. The molecule has 2 aromatic heterocycles. The number of amides is 1. The van der Waals surface area contributed by atoms with Crippen LogP contribution in [0.5, 0.6) is 0 Å². The Hall–Kier alpha value is -3.84. The van der Waals surface area contributed by atoms with E-state index in [4.69, 9.17) is 0 Å². The lowest BCUT2D eigenvalue weighted by atomic mass is 9.98. The summed E-state index contributed by atoms with van der Waals surface area (Å²) in [4.78, 5) is 30.8. The first-order valence-electron chi connectivity index (χ1n) is 9.53. The summed E-state index contributed by atoms with van der Waals surface area (Å²) in [5.74, 6) is -0.421. The number of hydrogen-bond acceptors (Lipinski definition) is 5. The van der Waals surface area contributed by atoms with Crippen LogP contribution in [0.25, 0.3) is 10.8 Å². The number of para-hydroxylation sites is 1. The van der Waals surface area contributed by atoms with Gasteiger partial charge >= 0.3 is 0 Å². The summed E-state index contributed by atoms with van der Waals surface area (Å²) in [7, 11) is 0. The lowest BCUT2D eigenvalue weighted by molar-refractivity contribution is -0.133. The third-order valence-electron chi connectivity index (χ3n) is 5.47. The molecule has 0 saturated carbocycles. The van der Waals surface area contributed by atoms with Gasteiger partial charge in [-0.25, -0.2) is 5.10 Å². The Kier molecular flexibility index (Phi) is 4.01. The summed E-state index contributed by atoms with van der Waals surface area (Å²) in [5, 5.41) is 18.8. The zero-order valence-electron chi connectivity index (χ0n) is 16.2. The molecule has 2 aromatic carbocycles. The summed E-state index contributed by atoms with van der Waals surface area (Å²) in [6.45, 7) is 1.50. The first-order chi connectivity index (χ1) is 14.5. The number of pyridine rings is 1. The van der Waals surface area contributed by atoms with Crippen molar-refractivity contribution in [3.63, 3.8) is 0 Å². The van der Waals surface area contributed by atoms with Crippen molar-refractivity contribution >= 4 is 28.1 Å². The summed E-state index contributed by atoms with van der Waals surface area (Å²) in [6.07, 6.45) is 3.73. The van der Waals surface area contributed by atoms with E-state index in [0.29, 0.717) is 34.4 Å². The molecule has 148 valence electrons. The molecular weight excluding hydrogens is 380 g/mol. The Bertz CT molecular complexity index is 1360. The van der Waals surface area contributed by atoms with Gasteiger partial charge in [-0.05, 0) is 30.7 Å². The standard InChI is InChI=1S/C23H18N4O3/c1-23(30)18-8-4-5-9-20(18)27(22(23)29)15-10-14(12-24-13-15)11-19-16-6-2-3-7-17(16)21(28)26-25-19/h2-10,12-13,30H,11H2,1H3,(H,26,28). The van der Waals surface area contributed by atoms with Crippen LogP contribution in [0.4, 0.5) is 11.4 Å². The number of carbonyl (C=O) groups excluding carboxylic acids is 1. The number of anilines is 2. The maximum atomic E-state index is 13.0. The molecule has 7 heteroatoms. The topological polar surface area (TPSA) is 99.2 Å². The minimum atomic E-state index is -1.59. The molecule has 0 spiro atoms. The van der Waals surface area contributed by atoms with Gasteiger partial charge in [0, 0.05) is 23.6 Å². The molecule has 5 rings (SSSR count). The normalized spacial score (nSPS) is 18.1. The largest absolute Gasteiger partial charge is 0.375 e. The molecule has 1 aliphatic heterocycles. The van der Waals surface area contributed by atoms with E-state index in [1.165, 1.54) is 11.8 Å². The monoisotopic (exact) mass is 398 g/mol. The third-order valence-corrected chi connectivity index (χ3v) is 5.47. The zero-order chi connectivity index (χ0) is 20.9. The van der Waals surface area contributed by atoms with Gasteiger partial charge in [0.2, 0.25) is 0 Å². The highest BCUT2D eigenvalue weighted by Crippen LogP contribution is 2.43. The number of benzene rings is 2. The van der Waals surface area contributed by atoms with Crippen LogP contribution in [-0.4, -0.2) is 26.2 Å². The highest BCUT2D eigenvalue weighted by Gasteiger charge is 2.46. The zero-order valence-corrected chi connectivity index (χ0v) is 16.2. The smallest absolute Gasteiger partial charge is 0.272 e. The van der Waals surface area contributed by atoms with Crippen molar-refractivity contribution in [2.45, 2.75) is 18.9 Å². The minimum Gasteiger partial charge on any atom is -0.375 e. The van der Waals surface area contributed by atoms with E-state index in [2.05, 4.69) is 15.2 Å². The number of H-pyrrole nitrogens is 1. The first-order valence-corrected chi connectivity index (χ1v) is 9.53. The number of aromatic amines is 1. The predicted octanol–water partition coefficient (Wildman–Crippen LogP) is 2.79. The van der Waals surface area contributed by atoms with Crippen molar-refractivity contribution in [2.24, 2.45) is 0 Å². The predicted molar refractivity (Wildman–Crippen MR) is 113 cm³/mol. The molecule has 1 unspecified atom stereocenters. The summed E-state index contributed by atoms with van der Waals surface area (Å²) < 4.78 is 0. The molecule has 0 saturated heterocycles. The third kappa shape index (κ3) is 2.71. The first kappa shape index (κ1) is 18.2. The molecule has 0 fully saturated rings. The van der Waals surface area contributed by atoms with Crippen molar-refractivity contribution < 1.29 is 9.90 Å². The number of fused-ring (bicyclic) bond motifs is 2. The molecule has 4 aromatic rings. The van der Waals surface area contributed by atoms with Crippen LogP contribution in [0.1, 0.15) is 23.7 Å². The van der Waals surface area contributed by atoms with E-state index in [9.17, 15) is 14.7 Å². The van der Waals surface area contributed by atoms with Gasteiger partial charge in [0.25, 0.3) is 11.5 Å². The number of aromatic nitrogens is 3. The van der Waals surface area contributed by atoms with Crippen LogP contribution in [0.3, 0.4) is 0 Å². The number of aliphatic hydroxyl groups is 1. The lowest BCUT2D eigenvalue weighted by Gasteiger charge is -2.20. The second kappa shape index (κ2) is 6.60. The Morgan fingerprint density at radius 3 is 2.60 bits per heavy atom. The van der Waals surface area contributed by atoms with E-state index in [0.717, 1.165) is 10.9 Å². The fourth-order valence-corrected chi connectivity index (χ4v) is 3.97. The van der Waals surface area contributed by atoms with Crippen LogP contribution in [0.15, 0.2) is 71.8 Å². The summed E-state index contributed by atoms with van der Waals surface area (Å²) >= 11 is 0. The highest BCUT2D eigenvalue weighted by atomic mass is 16.3. The van der Waals surface area contributed by atoms with Gasteiger partial charge in [0.05, 0.1) is 28.7 Å². The highest BCUT2D eigenvalue weighted by molar-refractivity contribution is 6.11. The number of nitrogens with one attached hydrogen (secondary N) is 1. The van der Waals surface area contributed by atoms with E-state index in [1.54, 1.807) is 36.7 Å². The Morgan fingerprint density at radius 2 is 1.77 bits per heavy atom. The molecule has 3 heterocycles. The van der Waals surface area contributed by atoms with Gasteiger partial charge in [-0.3, -0.25) is 19.5 Å². The van der Waals surface area contributed by atoms with E-state index < -0.39 is 11.5 Å². The number of rotatable bonds is 3. The molecule has 0 aliphatic carbocycles. The Labute approximate surface area is 171 Å². The van der Waals surface area contributed by atoms with Gasteiger partial charge in [0.15, 0.2) is 5.60 Å². The molecule has 7 nitrogen and oxygen atoms in total. The molecule has 2 N–H and O–H groups in total. The van der Waals surface area contributed by atoms with Crippen LogP contribution < -0.4 is 10.5 Å². The van der Waals surface area contributed by atoms with Gasteiger partial charge < -0.3 is 5.11 Å². The summed E-state index contributed by atoms with van der Waals surface area (Å²) in [5.41, 5.74) is 1.48. The number of nitrogens with zero attached hydrogens (tertiary/aromatic N) is 3. The van der Waals surface area contributed by atoms with Crippen molar-refractivity contribution in [3.05, 3.63) is 94.2 Å². The van der Waals surface area contributed by atoms with Crippen LogP contribution >= 0.6 is 0 Å². The summed E-state index contributed by atoms with van der Waals surface area (Å²) in [6, 6.07) is 16.3. The number of hydrogen-bond donors (Lipinski definition) is 2. The van der Waals surface area contributed by atoms with Gasteiger partial charge in [-0.1, -0.05) is 36.4 Å². The second-order valence-corrected chi connectivity index (χ2v) is 7.50. The van der Waals surface area contributed by atoms with Gasteiger partial charge in [-0.15, -0.1) is 0 Å². The molecule has 1 amide bonds. The van der Waals surface area contributed by atoms with E-state index in [1.807, 2.05) is 30.3 Å². The maximum Gasteiger partial charge on any atom is 0.272 e. The SMILES string of the molecule is CC1(O)C(=O)N(c2cncc(Cc3n[nH]c(=O)c4ccccc34)c2)c2ccccc21. The van der Waals surface area contributed by atoms with E-state index >= 15 is 0 Å². The maximum absolute atomic E-state index is 13.0. The lowest BCUT2D eigenvalue weighted by Crippen LogP contribution is -2.35. The molecule has 30 heavy (non-hydrogen) atoms. The fraction of sp³-hybridized carbons (Fsp3) is 0.130. The van der Waals surface area contributed by atoms with Crippen molar-refractivity contribution in [1.82, 2.24) is 15.2 Å². The molecule has 1 aliphatic rings. The van der Waals surface area contributed by atoms with Crippen LogP contribution in [-0.2, 0) is 16.8 Å². The quantitative estimate of drug-likeness (QED) is 0.553. The minimum absolute atomic E-state index is 0.234. The molecule has 0 bridgehead atoms. The second-order valence-electron chi connectivity index (χ2n) is 7.50. The van der Waals surface area contributed by atoms with Gasteiger partial charge in [0.1, 0.15) is 0 Å². The molecule has 1 atom stereocenters. The van der Waals surface area contributed by atoms with Crippen molar-refractivity contribution in [2.75, 3.05) is 4.90 Å². The molecule has 0 radical (unpaired) electrons. The van der Waals surface area contributed by atoms with Crippen molar-refractivity contribution in [1.29, 1.82) is 0 Å². The van der Waals surface area contributed by atoms with Crippen LogP contribution in [0.2, 0.25) is 0 Å².